The highest BCUT2D eigenvalue weighted by molar-refractivity contribution is 14.1. The topological polar surface area (TPSA) is 57.7 Å². The molecule has 3 aromatic carbocycles. The summed E-state index contributed by atoms with van der Waals surface area (Å²) in [6, 6.07) is 23.5. The first kappa shape index (κ1) is 30.6. The Kier molecular flexibility index (Phi) is 9.27. The standard InChI is InChI=1S/C34H34F3IN4O2/c35-34(36,37)26-6-8-28(9-7-26)41-18-14-29(15-19-41)44-30-10-11-31-24(21-30)20-25(22-39-31)33(43)40-27-12-16-42(17-13-27)32(38)23-4-2-1-3-5-23/h1-11,20-22,27,29,32H,12-19H2,(H,40,43). The van der Waals surface area contributed by atoms with Crippen LogP contribution in [-0.4, -0.2) is 54.1 Å². The van der Waals surface area contributed by atoms with Crippen molar-refractivity contribution in [2.24, 2.45) is 0 Å². The summed E-state index contributed by atoms with van der Waals surface area (Å²) in [7, 11) is 0. The van der Waals surface area contributed by atoms with Crippen molar-refractivity contribution in [3.05, 3.63) is 102 Å². The summed E-state index contributed by atoms with van der Waals surface area (Å²) in [5.41, 5.74) is 2.75. The zero-order chi connectivity index (χ0) is 30.7. The Morgan fingerprint density at radius 3 is 2.30 bits per heavy atom. The fourth-order valence-electron chi connectivity index (χ4n) is 5.95. The predicted octanol–water partition coefficient (Wildman–Crippen LogP) is 7.63. The molecule has 230 valence electrons. The van der Waals surface area contributed by atoms with Crippen molar-refractivity contribution in [1.29, 1.82) is 0 Å². The van der Waals surface area contributed by atoms with Crippen molar-refractivity contribution in [2.45, 2.75) is 48.1 Å². The molecule has 1 aromatic heterocycles. The first-order valence-electron chi connectivity index (χ1n) is 15.0. The van der Waals surface area contributed by atoms with Gasteiger partial charge in [0.05, 0.1) is 20.7 Å². The van der Waals surface area contributed by atoms with Gasteiger partial charge in [0.1, 0.15) is 11.9 Å². The lowest BCUT2D eigenvalue weighted by Gasteiger charge is -2.35. The van der Waals surface area contributed by atoms with Gasteiger partial charge in [0.25, 0.3) is 5.91 Å². The Hall–Kier alpha value is -3.38. The van der Waals surface area contributed by atoms with Gasteiger partial charge in [-0.2, -0.15) is 13.2 Å². The van der Waals surface area contributed by atoms with Gasteiger partial charge in [0.15, 0.2) is 0 Å². The molecule has 1 amide bonds. The van der Waals surface area contributed by atoms with Crippen molar-refractivity contribution in [3.63, 3.8) is 0 Å². The van der Waals surface area contributed by atoms with Crippen molar-refractivity contribution in [1.82, 2.24) is 15.2 Å². The van der Waals surface area contributed by atoms with Crippen LogP contribution >= 0.6 is 22.6 Å². The number of carbonyl (C=O) groups is 1. The lowest BCUT2D eigenvalue weighted by Crippen LogP contribution is -2.44. The molecule has 2 aliphatic heterocycles. The van der Waals surface area contributed by atoms with Crippen LogP contribution in [-0.2, 0) is 6.18 Å². The van der Waals surface area contributed by atoms with Gasteiger partial charge in [-0.1, -0.05) is 52.9 Å². The molecule has 2 saturated heterocycles. The van der Waals surface area contributed by atoms with Crippen LogP contribution in [0, 0.1) is 0 Å². The van der Waals surface area contributed by atoms with Crippen LogP contribution < -0.4 is 15.0 Å². The Morgan fingerprint density at radius 1 is 0.909 bits per heavy atom. The minimum Gasteiger partial charge on any atom is -0.490 e. The average Bonchev–Trinajstić information content (AvgIpc) is 3.05. The Balaban J connectivity index is 1.02. The highest BCUT2D eigenvalue weighted by Crippen LogP contribution is 2.32. The monoisotopic (exact) mass is 714 g/mol. The number of ether oxygens (including phenoxy) is 1. The number of anilines is 1. The molecule has 4 aromatic rings. The maximum atomic E-state index is 13.2. The summed E-state index contributed by atoms with van der Waals surface area (Å²) in [6.45, 7) is 3.24. The van der Waals surface area contributed by atoms with E-state index in [1.54, 1.807) is 6.20 Å². The molecule has 0 radical (unpaired) electrons. The van der Waals surface area contributed by atoms with E-state index in [0.717, 1.165) is 67.5 Å². The molecular formula is C34H34F3IN4O2. The first-order chi connectivity index (χ1) is 21.2. The highest BCUT2D eigenvalue weighted by Gasteiger charge is 2.30. The third kappa shape index (κ3) is 7.28. The van der Waals surface area contributed by atoms with E-state index < -0.39 is 11.7 Å². The number of nitrogens with zero attached hydrogens (tertiary/aromatic N) is 3. The molecule has 6 rings (SSSR count). The molecule has 10 heteroatoms. The van der Waals surface area contributed by atoms with Gasteiger partial charge in [-0.05, 0) is 66.9 Å². The van der Waals surface area contributed by atoms with Gasteiger partial charge in [0.2, 0.25) is 0 Å². The number of hydrogen-bond acceptors (Lipinski definition) is 5. The maximum Gasteiger partial charge on any atom is 0.416 e. The molecular weight excluding hydrogens is 680 g/mol. The van der Waals surface area contributed by atoms with Gasteiger partial charge < -0.3 is 15.0 Å². The van der Waals surface area contributed by atoms with Gasteiger partial charge >= 0.3 is 6.18 Å². The number of piperidine rings is 2. The summed E-state index contributed by atoms with van der Waals surface area (Å²) >= 11 is 2.49. The number of rotatable bonds is 7. The number of carbonyl (C=O) groups excluding carboxylic acids is 1. The first-order valence-corrected chi connectivity index (χ1v) is 16.2. The molecule has 44 heavy (non-hydrogen) atoms. The summed E-state index contributed by atoms with van der Waals surface area (Å²) in [5, 5.41) is 4.04. The number of amides is 1. The van der Waals surface area contributed by atoms with Crippen molar-refractivity contribution in [3.8, 4) is 5.75 Å². The van der Waals surface area contributed by atoms with E-state index in [2.05, 4.69) is 67.0 Å². The number of hydrogen-bond donors (Lipinski definition) is 1. The second kappa shape index (κ2) is 13.3. The van der Waals surface area contributed by atoms with Gasteiger partial charge in [-0.3, -0.25) is 14.7 Å². The maximum absolute atomic E-state index is 13.2. The number of likely N-dealkylation sites (tertiary alicyclic amines) is 1. The van der Waals surface area contributed by atoms with E-state index in [-0.39, 0.29) is 18.1 Å². The molecule has 1 N–H and O–H groups in total. The van der Waals surface area contributed by atoms with E-state index in [9.17, 15) is 18.0 Å². The summed E-state index contributed by atoms with van der Waals surface area (Å²) in [6.07, 6.45) is 0.584. The lowest BCUT2D eigenvalue weighted by molar-refractivity contribution is -0.137. The van der Waals surface area contributed by atoms with Crippen LogP contribution in [0.25, 0.3) is 10.9 Å². The lowest BCUT2D eigenvalue weighted by atomic mass is 10.0. The molecule has 1 atom stereocenters. The third-order valence-corrected chi connectivity index (χ3v) is 9.99. The molecule has 0 saturated carbocycles. The predicted molar refractivity (Wildman–Crippen MR) is 174 cm³/mol. The van der Waals surface area contributed by atoms with Crippen LogP contribution in [0.4, 0.5) is 18.9 Å². The zero-order valence-electron chi connectivity index (χ0n) is 24.1. The molecule has 1 unspecified atom stereocenters. The summed E-state index contributed by atoms with van der Waals surface area (Å²) in [5.74, 6) is 0.595. The largest absolute Gasteiger partial charge is 0.490 e. The van der Waals surface area contributed by atoms with Crippen LogP contribution in [0.5, 0.6) is 5.75 Å². The van der Waals surface area contributed by atoms with E-state index in [4.69, 9.17) is 4.74 Å². The number of nitrogens with one attached hydrogen (secondary N) is 1. The quantitative estimate of drug-likeness (QED) is 0.121. The van der Waals surface area contributed by atoms with Crippen LogP contribution in [0.15, 0.2) is 85.1 Å². The highest BCUT2D eigenvalue weighted by atomic mass is 127. The number of halogens is 4. The molecule has 6 nitrogen and oxygen atoms in total. The summed E-state index contributed by atoms with van der Waals surface area (Å²) in [4.78, 5) is 22.2. The second-order valence-electron chi connectivity index (χ2n) is 11.5. The number of alkyl halides is 4. The number of fused-ring (bicyclic) bond motifs is 1. The molecule has 2 fully saturated rings. The molecule has 0 aliphatic carbocycles. The smallest absolute Gasteiger partial charge is 0.416 e. The van der Waals surface area contributed by atoms with E-state index in [0.29, 0.717) is 28.5 Å². The van der Waals surface area contributed by atoms with Crippen LogP contribution in [0.2, 0.25) is 0 Å². The average molecular weight is 715 g/mol. The van der Waals surface area contributed by atoms with Crippen molar-refractivity contribution < 1.29 is 22.7 Å². The normalized spacial score (nSPS) is 17.9. The van der Waals surface area contributed by atoms with Crippen LogP contribution in [0.3, 0.4) is 0 Å². The zero-order valence-corrected chi connectivity index (χ0v) is 26.3. The molecule has 2 aliphatic rings. The van der Waals surface area contributed by atoms with Gasteiger partial charge in [-0.15, -0.1) is 0 Å². The SMILES string of the molecule is O=C(NC1CCN(C(I)c2ccccc2)CC1)c1cnc2ccc(OC3CCN(c4ccc(C(F)(F)F)cc4)CC3)cc2c1. The van der Waals surface area contributed by atoms with Gasteiger partial charge in [-0.25, -0.2) is 0 Å². The minimum absolute atomic E-state index is 0.00695. The Bertz CT molecular complexity index is 1570. The Labute approximate surface area is 268 Å². The number of pyridine rings is 1. The van der Waals surface area contributed by atoms with E-state index >= 15 is 0 Å². The van der Waals surface area contributed by atoms with Crippen molar-refractivity contribution >= 4 is 45.1 Å². The molecule has 0 bridgehead atoms. The number of benzene rings is 3. The number of aromatic nitrogens is 1. The summed E-state index contributed by atoms with van der Waals surface area (Å²) < 4.78 is 45.3. The van der Waals surface area contributed by atoms with Gasteiger partial charge in [0, 0.05) is 62.3 Å². The third-order valence-electron chi connectivity index (χ3n) is 8.48. The second-order valence-corrected chi connectivity index (χ2v) is 12.6. The Morgan fingerprint density at radius 2 is 1.61 bits per heavy atom. The molecule has 0 spiro atoms. The van der Waals surface area contributed by atoms with E-state index in [1.807, 2.05) is 30.3 Å². The molecule has 3 heterocycles. The van der Waals surface area contributed by atoms with Crippen molar-refractivity contribution in [2.75, 3.05) is 31.1 Å². The fourth-order valence-corrected chi connectivity index (χ4v) is 6.93. The van der Waals surface area contributed by atoms with Crippen LogP contribution in [0.1, 0.15) is 51.2 Å². The fraction of sp³-hybridized carbons (Fsp3) is 0.353. The van der Waals surface area contributed by atoms with E-state index in [1.165, 1.54) is 17.7 Å². The minimum atomic E-state index is -4.33.